The Morgan fingerprint density at radius 2 is 1.76 bits per heavy atom. The standard InChI is InChI=1S/C25H32N8/c1-31-13-15-32(16-14-31)20-6-7-21(27-18-20)29-24-28-17-19-5-8-22-26-12-11-25(9-3-2-4-10-25)33(22)23(19)30-24/h5-8,17-18H,2-4,9-16H2,1H3,(H,27,28,29,30). The van der Waals surface area contributed by atoms with Gasteiger partial charge < -0.3 is 20.0 Å². The van der Waals surface area contributed by atoms with Crippen LogP contribution in [0.5, 0.6) is 0 Å². The first-order valence-electron chi connectivity index (χ1n) is 12.3. The van der Waals surface area contributed by atoms with Crippen LogP contribution < -0.4 is 15.1 Å². The van der Waals surface area contributed by atoms with Crippen LogP contribution in [-0.2, 0) is 0 Å². The first-order valence-corrected chi connectivity index (χ1v) is 12.3. The average molecular weight is 445 g/mol. The Morgan fingerprint density at radius 3 is 2.55 bits per heavy atom. The van der Waals surface area contributed by atoms with Crippen LogP contribution >= 0.6 is 0 Å². The van der Waals surface area contributed by atoms with E-state index in [9.17, 15) is 0 Å². The highest BCUT2D eigenvalue weighted by Crippen LogP contribution is 2.43. The molecule has 2 aromatic heterocycles. The quantitative estimate of drug-likeness (QED) is 0.774. The monoisotopic (exact) mass is 444 g/mol. The molecule has 0 aromatic carbocycles. The van der Waals surface area contributed by atoms with Crippen molar-refractivity contribution in [3.05, 3.63) is 36.2 Å². The van der Waals surface area contributed by atoms with Crippen molar-refractivity contribution in [3.63, 3.8) is 0 Å². The molecule has 6 rings (SSSR count). The van der Waals surface area contributed by atoms with Crippen molar-refractivity contribution in [2.45, 2.75) is 44.1 Å². The lowest BCUT2D eigenvalue weighted by Crippen LogP contribution is -2.56. The van der Waals surface area contributed by atoms with E-state index in [1.807, 2.05) is 18.5 Å². The molecule has 3 aliphatic heterocycles. The van der Waals surface area contributed by atoms with Gasteiger partial charge in [-0.3, -0.25) is 4.99 Å². The van der Waals surface area contributed by atoms with Gasteiger partial charge in [0.15, 0.2) is 0 Å². The minimum atomic E-state index is 0.142. The number of amidine groups is 1. The summed E-state index contributed by atoms with van der Waals surface area (Å²) in [5.41, 5.74) is 2.37. The van der Waals surface area contributed by atoms with Crippen LogP contribution in [0.3, 0.4) is 0 Å². The van der Waals surface area contributed by atoms with Crippen molar-refractivity contribution in [1.29, 1.82) is 0 Å². The number of aromatic nitrogens is 3. The van der Waals surface area contributed by atoms with Crippen LogP contribution in [0.15, 0.2) is 35.6 Å². The van der Waals surface area contributed by atoms with Gasteiger partial charge in [0.1, 0.15) is 17.5 Å². The van der Waals surface area contributed by atoms with E-state index in [1.165, 1.54) is 37.8 Å². The fourth-order valence-electron chi connectivity index (χ4n) is 5.68. The number of hydrogen-bond acceptors (Lipinski definition) is 8. The molecule has 1 saturated carbocycles. The van der Waals surface area contributed by atoms with Gasteiger partial charge in [-0.25, -0.2) is 9.97 Å². The number of hydrogen-bond donors (Lipinski definition) is 1. The fraction of sp³-hybridized carbons (Fsp3) is 0.520. The van der Waals surface area contributed by atoms with Crippen LogP contribution in [0.25, 0.3) is 6.08 Å². The summed E-state index contributed by atoms with van der Waals surface area (Å²) < 4.78 is 0. The zero-order valence-electron chi connectivity index (χ0n) is 19.4. The Hall–Kier alpha value is -3.00. The van der Waals surface area contributed by atoms with E-state index in [0.29, 0.717) is 5.95 Å². The van der Waals surface area contributed by atoms with Gasteiger partial charge in [-0.05, 0) is 50.6 Å². The molecule has 172 valence electrons. The van der Waals surface area contributed by atoms with Crippen LogP contribution in [-0.4, -0.2) is 71.0 Å². The summed E-state index contributed by atoms with van der Waals surface area (Å²) in [4.78, 5) is 26.2. The molecule has 8 nitrogen and oxygen atoms in total. The van der Waals surface area contributed by atoms with Gasteiger partial charge in [-0.15, -0.1) is 0 Å². The van der Waals surface area contributed by atoms with Crippen molar-refractivity contribution in [2.75, 3.05) is 54.9 Å². The summed E-state index contributed by atoms with van der Waals surface area (Å²) in [6, 6.07) is 4.15. The number of aliphatic imine (C=N–C) groups is 1. The van der Waals surface area contributed by atoms with Crippen LogP contribution in [0.2, 0.25) is 0 Å². The highest BCUT2D eigenvalue weighted by Gasteiger charge is 2.44. The second kappa shape index (κ2) is 8.41. The van der Waals surface area contributed by atoms with Crippen LogP contribution in [0, 0.1) is 0 Å². The highest BCUT2D eigenvalue weighted by atomic mass is 15.3. The second-order valence-corrected chi connectivity index (χ2v) is 9.73. The molecular formula is C25H32N8. The largest absolute Gasteiger partial charge is 0.368 e. The number of fused-ring (bicyclic) bond motifs is 4. The normalized spacial score (nSPS) is 22.0. The third kappa shape index (κ3) is 3.86. The predicted octanol–water partition coefficient (Wildman–Crippen LogP) is 3.71. The summed E-state index contributed by atoms with van der Waals surface area (Å²) in [5, 5.41) is 3.33. The van der Waals surface area contributed by atoms with Gasteiger partial charge in [0, 0.05) is 50.0 Å². The number of rotatable bonds is 3. The van der Waals surface area contributed by atoms with E-state index < -0.39 is 0 Å². The Morgan fingerprint density at radius 1 is 0.909 bits per heavy atom. The van der Waals surface area contributed by atoms with E-state index in [-0.39, 0.29) is 5.54 Å². The molecule has 0 amide bonds. The lowest BCUT2D eigenvalue weighted by atomic mass is 9.76. The molecule has 1 saturated heterocycles. The maximum Gasteiger partial charge on any atom is 0.230 e. The fourth-order valence-corrected chi connectivity index (χ4v) is 5.68. The zero-order valence-corrected chi connectivity index (χ0v) is 19.4. The molecule has 0 atom stereocenters. The molecule has 33 heavy (non-hydrogen) atoms. The average Bonchev–Trinajstić information content (AvgIpc) is 2.85. The van der Waals surface area contributed by atoms with Crippen molar-refractivity contribution in [2.24, 2.45) is 4.99 Å². The number of likely N-dealkylation sites (N-methyl/N-ethyl adjacent to an activating group) is 1. The van der Waals surface area contributed by atoms with E-state index >= 15 is 0 Å². The van der Waals surface area contributed by atoms with Crippen LogP contribution in [0.4, 0.5) is 23.3 Å². The van der Waals surface area contributed by atoms with Gasteiger partial charge in [-0.1, -0.05) is 19.3 Å². The van der Waals surface area contributed by atoms with Gasteiger partial charge in [0.05, 0.1) is 11.9 Å². The lowest BCUT2D eigenvalue weighted by molar-refractivity contribution is 0.274. The van der Waals surface area contributed by atoms with Crippen molar-refractivity contribution in [1.82, 2.24) is 19.9 Å². The topological polar surface area (TPSA) is 72.8 Å². The number of nitrogens with one attached hydrogen (secondary N) is 1. The summed E-state index contributed by atoms with van der Waals surface area (Å²) in [6.45, 7) is 5.15. The molecule has 0 radical (unpaired) electrons. The molecular weight excluding hydrogens is 412 g/mol. The van der Waals surface area contributed by atoms with Crippen molar-refractivity contribution in [3.8, 4) is 0 Å². The molecule has 2 aromatic rings. The first-order chi connectivity index (χ1) is 16.2. The van der Waals surface area contributed by atoms with Crippen molar-refractivity contribution >= 4 is 35.2 Å². The number of nitrogens with zero attached hydrogens (tertiary/aromatic N) is 7. The summed E-state index contributed by atoms with van der Waals surface area (Å²) in [6.07, 6.45) is 15.5. The molecule has 0 bridgehead atoms. The zero-order chi connectivity index (χ0) is 22.3. The molecule has 5 heterocycles. The van der Waals surface area contributed by atoms with Gasteiger partial charge in [-0.2, -0.15) is 4.98 Å². The molecule has 1 aliphatic carbocycles. The second-order valence-electron chi connectivity index (χ2n) is 9.73. The highest BCUT2D eigenvalue weighted by molar-refractivity contribution is 6.12. The Bertz CT molecular complexity index is 1060. The van der Waals surface area contributed by atoms with E-state index in [0.717, 1.165) is 62.2 Å². The summed E-state index contributed by atoms with van der Waals surface area (Å²) in [5.74, 6) is 3.37. The van der Waals surface area contributed by atoms with Crippen molar-refractivity contribution < 1.29 is 0 Å². The Balaban J connectivity index is 1.24. The summed E-state index contributed by atoms with van der Waals surface area (Å²) in [7, 11) is 2.17. The summed E-state index contributed by atoms with van der Waals surface area (Å²) >= 11 is 0. The number of anilines is 4. The number of pyridine rings is 1. The van der Waals surface area contributed by atoms with Gasteiger partial charge in [0.25, 0.3) is 0 Å². The molecule has 0 unspecified atom stereocenters. The van der Waals surface area contributed by atoms with E-state index in [4.69, 9.17) is 9.98 Å². The SMILES string of the molecule is CN1CCN(c2ccc(Nc3ncc4c(n3)N3C(=NCCC35CCCCC5)C=C4)nc2)CC1. The molecule has 2 fully saturated rings. The van der Waals surface area contributed by atoms with Crippen LogP contribution in [0.1, 0.15) is 44.1 Å². The van der Waals surface area contributed by atoms with E-state index in [2.05, 4.69) is 55.3 Å². The van der Waals surface area contributed by atoms with E-state index in [1.54, 1.807) is 0 Å². The lowest BCUT2D eigenvalue weighted by Gasteiger charge is -2.50. The smallest absolute Gasteiger partial charge is 0.230 e. The predicted molar refractivity (Wildman–Crippen MR) is 134 cm³/mol. The molecule has 4 aliphatic rings. The molecule has 1 spiro atoms. The maximum atomic E-state index is 4.98. The Labute approximate surface area is 195 Å². The minimum absolute atomic E-state index is 0.142. The molecule has 1 N–H and O–H groups in total. The first kappa shape index (κ1) is 20.6. The van der Waals surface area contributed by atoms with Gasteiger partial charge >= 0.3 is 0 Å². The Kier molecular flexibility index (Phi) is 5.25. The third-order valence-corrected chi connectivity index (χ3v) is 7.61. The maximum absolute atomic E-state index is 4.98. The van der Waals surface area contributed by atoms with Gasteiger partial charge in [0.2, 0.25) is 5.95 Å². The molecule has 8 heteroatoms. The number of piperazine rings is 1. The minimum Gasteiger partial charge on any atom is -0.368 e. The third-order valence-electron chi connectivity index (χ3n) is 7.61.